The Bertz CT molecular complexity index is 763. The molecule has 1 N–H and O–H groups in total. The Kier molecular flexibility index (Phi) is 5.28. The third kappa shape index (κ3) is 3.59. The Morgan fingerprint density at radius 2 is 1.79 bits per heavy atom. The van der Waals surface area contributed by atoms with Crippen LogP contribution in [0.15, 0.2) is 28.7 Å². The minimum absolute atomic E-state index is 0.365. The van der Waals surface area contributed by atoms with Crippen molar-refractivity contribution in [1.29, 1.82) is 0 Å². The van der Waals surface area contributed by atoms with Crippen LogP contribution in [0.3, 0.4) is 0 Å². The molecule has 0 radical (unpaired) electrons. The number of carbonyl (C=O) groups is 2. The summed E-state index contributed by atoms with van der Waals surface area (Å²) in [7, 11) is 1.52. The number of esters is 1. The van der Waals surface area contributed by atoms with Gasteiger partial charge in [0.15, 0.2) is 6.10 Å². The molecule has 0 aliphatic rings. The number of methoxy groups -OCH3 is 1. The highest BCUT2D eigenvalue weighted by Crippen LogP contribution is 2.24. The van der Waals surface area contributed by atoms with Gasteiger partial charge in [-0.25, -0.2) is 4.79 Å². The van der Waals surface area contributed by atoms with Crippen molar-refractivity contribution in [3.05, 3.63) is 46.9 Å². The third-order valence-electron chi connectivity index (χ3n) is 3.78. The molecule has 1 heterocycles. The number of carbonyl (C=O) groups excluding carboxylic acids is 2. The van der Waals surface area contributed by atoms with Gasteiger partial charge in [0.05, 0.1) is 12.8 Å². The molecule has 128 valence electrons. The molecule has 0 spiro atoms. The fraction of sp³-hybridized carbons (Fsp3) is 0.333. The first-order chi connectivity index (χ1) is 11.3. The smallest absolute Gasteiger partial charge is 0.342 e. The highest BCUT2D eigenvalue weighted by molar-refractivity contribution is 5.99. The van der Waals surface area contributed by atoms with Crippen LogP contribution in [-0.4, -0.2) is 25.1 Å². The lowest BCUT2D eigenvalue weighted by Crippen LogP contribution is -2.30. The first kappa shape index (κ1) is 17.6. The van der Waals surface area contributed by atoms with E-state index in [4.69, 9.17) is 13.9 Å². The third-order valence-corrected chi connectivity index (χ3v) is 3.78. The Balaban J connectivity index is 2.07. The average Bonchev–Trinajstić information content (AvgIpc) is 2.80. The molecule has 0 unspecified atom stereocenters. The number of rotatable bonds is 5. The number of furan rings is 1. The Hall–Kier alpha value is -2.76. The summed E-state index contributed by atoms with van der Waals surface area (Å²) in [5.74, 6) is 0.646. The van der Waals surface area contributed by atoms with Gasteiger partial charge in [-0.05, 0) is 39.8 Å². The predicted octanol–water partition coefficient (Wildman–Crippen LogP) is 3.40. The normalized spacial score (nSPS) is 11.7. The lowest BCUT2D eigenvalue weighted by atomic mass is 10.1. The van der Waals surface area contributed by atoms with Crippen LogP contribution in [-0.2, 0) is 9.53 Å². The largest absolute Gasteiger partial charge is 0.495 e. The number of hydrogen-bond donors (Lipinski definition) is 1. The summed E-state index contributed by atoms with van der Waals surface area (Å²) in [6, 6.07) is 7.01. The van der Waals surface area contributed by atoms with Crippen LogP contribution in [0.4, 0.5) is 5.69 Å². The monoisotopic (exact) mass is 331 g/mol. The molecule has 1 aromatic carbocycles. The van der Waals surface area contributed by atoms with Crippen LogP contribution < -0.4 is 10.1 Å². The summed E-state index contributed by atoms with van der Waals surface area (Å²) < 4.78 is 15.9. The van der Waals surface area contributed by atoms with Gasteiger partial charge in [-0.2, -0.15) is 0 Å². The molecule has 1 atom stereocenters. The van der Waals surface area contributed by atoms with Crippen LogP contribution in [0.5, 0.6) is 5.75 Å². The van der Waals surface area contributed by atoms with Crippen LogP contribution in [0.1, 0.15) is 34.4 Å². The van der Waals surface area contributed by atoms with E-state index in [2.05, 4.69) is 5.32 Å². The topological polar surface area (TPSA) is 77.8 Å². The van der Waals surface area contributed by atoms with Crippen molar-refractivity contribution >= 4 is 17.6 Å². The van der Waals surface area contributed by atoms with E-state index < -0.39 is 18.0 Å². The van der Waals surface area contributed by atoms with E-state index in [1.165, 1.54) is 14.0 Å². The summed E-state index contributed by atoms with van der Waals surface area (Å²) in [5.41, 5.74) is 1.60. The number of nitrogens with one attached hydrogen (secondary N) is 1. The van der Waals surface area contributed by atoms with Gasteiger partial charge >= 0.3 is 5.97 Å². The zero-order valence-electron chi connectivity index (χ0n) is 14.4. The molecule has 0 saturated carbocycles. The zero-order chi connectivity index (χ0) is 17.9. The highest BCUT2D eigenvalue weighted by atomic mass is 16.5. The quantitative estimate of drug-likeness (QED) is 0.850. The fourth-order valence-electron chi connectivity index (χ4n) is 2.35. The number of amides is 1. The van der Waals surface area contributed by atoms with Gasteiger partial charge < -0.3 is 19.2 Å². The minimum Gasteiger partial charge on any atom is -0.495 e. The van der Waals surface area contributed by atoms with Gasteiger partial charge in [-0.1, -0.05) is 12.1 Å². The number of hydrogen-bond acceptors (Lipinski definition) is 5. The van der Waals surface area contributed by atoms with Crippen LogP contribution >= 0.6 is 0 Å². The lowest BCUT2D eigenvalue weighted by Gasteiger charge is -2.15. The number of anilines is 1. The van der Waals surface area contributed by atoms with E-state index >= 15 is 0 Å². The Morgan fingerprint density at radius 3 is 2.38 bits per heavy atom. The van der Waals surface area contributed by atoms with E-state index in [-0.39, 0.29) is 0 Å². The highest BCUT2D eigenvalue weighted by Gasteiger charge is 2.25. The van der Waals surface area contributed by atoms with Crippen molar-refractivity contribution in [3.8, 4) is 5.75 Å². The SMILES string of the molecule is COc1ccccc1NC(=O)[C@@H](C)OC(=O)c1c(C)oc(C)c1C. The molecule has 6 nitrogen and oxygen atoms in total. The molecule has 0 aliphatic heterocycles. The summed E-state index contributed by atoms with van der Waals surface area (Å²) in [5, 5.41) is 2.69. The van der Waals surface area contributed by atoms with Gasteiger partial charge in [0.2, 0.25) is 0 Å². The van der Waals surface area contributed by atoms with Gasteiger partial charge in [0.25, 0.3) is 5.91 Å². The van der Waals surface area contributed by atoms with Crippen LogP contribution in [0.25, 0.3) is 0 Å². The maximum atomic E-state index is 12.3. The second-order valence-electron chi connectivity index (χ2n) is 5.45. The number of para-hydroxylation sites is 2. The molecular weight excluding hydrogens is 310 g/mol. The van der Waals surface area contributed by atoms with Gasteiger partial charge in [0.1, 0.15) is 22.8 Å². The summed E-state index contributed by atoms with van der Waals surface area (Å²) in [4.78, 5) is 24.6. The molecule has 6 heteroatoms. The first-order valence-electron chi connectivity index (χ1n) is 7.56. The number of aryl methyl sites for hydroxylation is 2. The molecule has 0 aliphatic carbocycles. The van der Waals surface area contributed by atoms with Crippen molar-refractivity contribution < 1.29 is 23.5 Å². The Labute approximate surface area is 140 Å². The second-order valence-corrected chi connectivity index (χ2v) is 5.45. The molecule has 0 fully saturated rings. The molecule has 2 aromatic rings. The van der Waals surface area contributed by atoms with Gasteiger partial charge in [-0.15, -0.1) is 0 Å². The number of ether oxygens (including phenoxy) is 2. The Morgan fingerprint density at radius 1 is 1.12 bits per heavy atom. The van der Waals surface area contributed by atoms with E-state index in [9.17, 15) is 9.59 Å². The summed E-state index contributed by atoms with van der Waals surface area (Å²) >= 11 is 0. The molecule has 24 heavy (non-hydrogen) atoms. The fourth-order valence-corrected chi connectivity index (χ4v) is 2.35. The van der Waals surface area contributed by atoms with E-state index in [1.54, 1.807) is 45.0 Å². The summed E-state index contributed by atoms with van der Waals surface area (Å²) in [6.07, 6.45) is -0.962. The summed E-state index contributed by atoms with van der Waals surface area (Å²) in [6.45, 7) is 6.76. The van der Waals surface area contributed by atoms with Crippen LogP contribution in [0, 0.1) is 20.8 Å². The van der Waals surface area contributed by atoms with Crippen LogP contribution in [0.2, 0.25) is 0 Å². The lowest BCUT2D eigenvalue weighted by molar-refractivity contribution is -0.123. The molecule has 1 amide bonds. The molecule has 2 rings (SSSR count). The van der Waals surface area contributed by atoms with Gasteiger partial charge in [0, 0.05) is 5.56 Å². The van der Waals surface area contributed by atoms with E-state index in [0.29, 0.717) is 28.5 Å². The van der Waals surface area contributed by atoms with Crippen molar-refractivity contribution in [2.24, 2.45) is 0 Å². The van der Waals surface area contributed by atoms with Crippen molar-refractivity contribution in [1.82, 2.24) is 0 Å². The predicted molar refractivity (Wildman–Crippen MR) is 89.4 cm³/mol. The van der Waals surface area contributed by atoms with E-state index in [1.807, 2.05) is 0 Å². The maximum Gasteiger partial charge on any atom is 0.342 e. The minimum atomic E-state index is -0.962. The molecule has 0 bridgehead atoms. The molecule has 1 aromatic heterocycles. The molecular formula is C18H21NO5. The zero-order valence-corrected chi connectivity index (χ0v) is 14.4. The van der Waals surface area contributed by atoms with Crippen molar-refractivity contribution in [2.75, 3.05) is 12.4 Å². The molecule has 0 saturated heterocycles. The van der Waals surface area contributed by atoms with Gasteiger partial charge in [-0.3, -0.25) is 4.79 Å². The van der Waals surface area contributed by atoms with E-state index in [0.717, 1.165) is 5.56 Å². The first-order valence-corrected chi connectivity index (χ1v) is 7.56. The maximum absolute atomic E-state index is 12.3. The van der Waals surface area contributed by atoms with Crippen molar-refractivity contribution in [3.63, 3.8) is 0 Å². The number of benzene rings is 1. The second kappa shape index (κ2) is 7.21. The standard InChI is InChI=1S/C18H21NO5/c1-10-11(2)23-12(3)16(10)18(21)24-13(4)17(20)19-14-8-6-7-9-15(14)22-5/h6-9,13H,1-5H3,(H,19,20)/t13-/m1/s1. The average molecular weight is 331 g/mol. The van der Waals surface area contributed by atoms with Crippen molar-refractivity contribution in [2.45, 2.75) is 33.8 Å².